The van der Waals surface area contributed by atoms with Crippen molar-refractivity contribution in [2.75, 3.05) is 5.88 Å². The van der Waals surface area contributed by atoms with Gasteiger partial charge in [0.05, 0.1) is 6.10 Å². The van der Waals surface area contributed by atoms with E-state index in [0.29, 0.717) is 29.3 Å². The SMILES string of the molecule is Cc1nc2ccc(C(O)C(O)CCCl)cc2o1. The summed E-state index contributed by atoms with van der Waals surface area (Å²) in [6, 6.07) is 5.18. The van der Waals surface area contributed by atoms with Crippen LogP contribution in [0.1, 0.15) is 24.0 Å². The highest BCUT2D eigenvalue weighted by atomic mass is 35.5. The number of aryl methyl sites for hydroxylation is 1. The lowest BCUT2D eigenvalue weighted by molar-refractivity contribution is 0.0170. The number of benzene rings is 1. The van der Waals surface area contributed by atoms with Crippen LogP contribution in [-0.2, 0) is 0 Å². The average Bonchev–Trinajstić information content (AvgIpc) is 2.67. The molecule has 5 heteroatoms. The predicted molar refractivity (Wildman–Crippen MR) is 65.0 cm³/mol. The molecule has 17 heavy (non-hydrogen) atoms. The Morgan fingerprint density at radius 2 is 2.18 bits per heavy atom. The summed E-state index contributed by atoms with van der Waals surface area (Å²) in [7, 11) is 0. The second kappa shape index (κ2) is 5.04. The molecule has 0 radical (unpaired) electrons. The number of oxazole rings is 1. The van der Waals surface area contributed by atoms with E-state index >= 15 is 0 Å². The molecule has 2 atom stereocenters. The number of aliphatic hydroxyl groups excluding tert-OH is 2. The molecule has 0 bridgehead atoms. The van der Waals surface area contributed by atoms with Gasteiger partial charge in [0, 0.05) is 12.8 Å². The van der Waals surface area contributed by atoms with Crippen LogP contribution in [0.4, 0.5) is 0 Å². The minimum atomic E-state index is -0.955. The number of aliphatic hydroxyl groups is 2. The van der Waals surface area contributed by atoms with Gasteiger partial charge in [0.2, 0.25) is 0 Å². The van der Waals surface area contributed by atoms with E-state index in [1.807, 2.05) is 0 Å². The third-order valence-corrected chi connectivity index (χ3v) is 2.85. The van der Waals surface area contributed by atoms with Gasteiger partial charge >= 0.3 is 0 Å². The molecule has 0 aliphatic rings. The molecule has 4 nitrogen and oxygen atoms in total. The van der Waals surface area contributed by atoms with E-state index in [4.69, 9.17) is 16.0 Å². The monoisotopic (exact) mass is 255 g/mol. The Hall–Kier alpha value is -1.10. The summed E-state index contributed by atoms with van der Waals surface area (Å²) >= 11 is 5.53. The predicted octanol–water partition coefficient (Wildman–Crippen LogP) is 2.16. The molecule has 92 valence electrons. The van der Waals surface area contributed by atoms with Crippen molar-refractivity contribution in [3.63, 3.8) is 0 Å². The van der Waals surface area contributed by atoms with Crippen molar-refractivity contribution in [2.45, 2.75) is 25.6 Å². The zero-order valence-corrected chi connectivity index (χ0v) is 10.2. The maximum Gasteiger partial charge on any atom is 0.192 e. The summed E-state index contributed by atoms with van der Waals surface area (Å²) in [5.41, 5.74) is 1.95. The van der Waals surface area contributed by atoms with Gasteiger partial charge in [-0.25, -0.2) is 4.98 Å². The van der Waals surface area contributed by atoms with Crippen LogP contribution < -0.4 is 0 Å². The molecule has 1 aromatic heterocycles. The van der Waals surface area contributed by atoms with Gasteiger partial charge in [-0.3, -0.25) is 0 Å². The van der Waals surface area contributed by atoms with E-state index in [1.165, 1.54) is 0 Å². The number of halogens is 1. The van der Waals surface area contributed by atoms with Crippen molar-refractivity contribution >= 4 is 22.7 Å². The molecule has 2 unspecified atom stereocenters. The van der Waals surface area contributed by atoms with Crippen molar-refractivity contribution < 1.29 is 14.6 Å². The lowest BCUT2D eigenvalue weighted by atomic mass is 10.0. The van der Waals surface area contributed by atoms with Crippen LogP contribution in [0.2, 0.25) is 0 Å². The molecule has 0 fully saturated rings. The quantitative estimate of drug-likeness (QED) is 0.822. The Bertz CT molecular complexity index is 511. The Labute approximate surface area is 104 Å². The van der Waals surface area contributed by atoms with Crippen molar-refractivity contribution in [1.82, 2.24) is 4.98 Å². The van der Waals surface area contributed by atoms with E-state index in [0.717, 1.165) is 5.52 Å². The third kappa shape index (κ3) is 2.60. The lowest BCUT2D eigenvalue weighted by Crippen LogP contribution is -2.18. The van der Waals surface area contributed by atoms with Crippen LogP contribution >= 0.6 is 11.6 Å². The first-order valence-corrected chi connectivity index (χ1v) is 5.94. The summed E-state index contributed by atoms with van der Waals surface area (Å²) in [5.74, 6) is 0.884. The Kier molecular flexibility index (Phi) is 3.66. The van der Waals surface area contributed by atoms with Crippen molar-refractivity contribution in [1.29, 1.82) is 0 Å². The molecule has 2 aromatic rings. The van der Waals surface area contributed by atoms with Crippen molar-refractivity contribution in [3.05, 3.63) is 29.7 Å². The Morgan fingerprint density at radius 1 is 1.41 bits per heavy atom. The summed E-state index contributed by atoms with van der Waals surface area (Å²) in [6.07, 6.45) is -1.48. The van der Waals surface area contributed by atoms with Gasteiger partial charge in [0.15, 0.2) is 11.5 Å². The second-order valence-electron chi connectivity index (χ2n) is 3.95. The maximum absolute atomic E-state index is 9.92. The summed E-state index contributed by atoms with van der Waals surface area (Å²) in [6.45, 7) is 1.76. The molecule has 0 spiro atoms. The van der Waals surface area contributed by atoms with Crippen LogP contribution in [-0.4, -0.2) is 27.2 Å². The zero-order valence-electron chi connectivity index (χ0n) is 9.43. The molecule has 2 N–H and O–H groups in total. The smallest absolute Gasteiger partial charge is 0.192 e. The highest BCUT2D eigenvalue weighted by Gasteiger charge is 2.18. The second-order valence-corrected chi connectivity index (χ2v) is 4.33. The van der Waals surface area contributed by atoms with E-state index < -0.39 is 12.2 Å². The number of fused-ring (bicyclic) bond motifs is 1. The number of nitrogens with zero attached hydrogens (tertiary/aromatic N) is 1. The van der Waals surface area contributed by atoms with Gasteiger partial charge in [-0.1, -0.05) is 6.07 Å². The molecule has 0 amide bonds. The minimum Gasteiger partial charge on any atom is -0.441 e. The highest BCUT2D eigenvalue weighted by Crippen LogP contribution is 2.24. The number of rotatable bonds is 4. The molecular formula is C12H14ClNO3. The molecule has 2 rings (SSSR count). The molecule has 0 saturated heterocycles. The van der Waals surface area contributed by atoms with E-state index in [1.54, 1.807) is 25.1 Å². The third-order valence-electron chi connectivity index (χ3n) is 2.63. The first-order chi connectivity index (χ1) is 8.11. The van der Waals surface area contributed by atoms with Crippen molar-refractivity contribution in [3.8, 4) is 0 Å². The standard InChI is InChI=1S/C12H14ClNO3/c1-7-14-9-3-2-8(6-11(9)17-7)12(16)10(15)4-5-13/h2-3,6,10,12,15-16H,4-5H2,1H3. The lowest BCUT2D eigenvalue weighted by Gasteiger charge is -2.16. The fourth-order valence-corrected chi connectivity index (χ4v) is 1.96. The maximum atomic E-state index is 9.92. The Balaban J connectivity index is 2.28. The number of hydrogen-bond acceptors (Lipinski definition) is 4. The fraction of sp³-hybridized carbons (Fsp3) is 0.417. The molecule has 0 saturated carbocycles. The molecule has 0 aliphatic carbocycles. The van der Waals surface area contributed by atoms with Crippen molar-refractivity contribution in [2.24, 2.45) is 0 Å². The van der Waals surface area contributed by atoms with Crippen LogP contribution in [0.25, 0.3) is 11.1 Å². The fourth-order valence-electron chi connectivity index (χ4n) is 1.73. The van der Waals surface area contributed by atoms with Gasteiger partial charge in [0.1, 0.15) is 11.6 Å². The van der Waals surface area contributed by atoms with Gasteiger partial charge in [0.25, 0.3) is 0 Å². The van der Waals surface area contributed by atoms with Crippen LogP contribution in [0.5, 0.6) is 0 Å². The molecule has 0 aliphatic heterocycles. The number of hydrogen-bond donors (Lipinski definition) is 2. The van der Waals surface area contributed by atoms with Gasteiger partial charge in [-0.2, -0.15) is 0 Å². The summed E-state index contributed by atoms with van der Waals surface area (Å²) in [5, 5.41) is 19.6. The Morgan fingerprint density at radius 3 is 2.88 bits per heavy atom. The van der Waals surface area contributed by atoms with Gasteiger partial charge < -0.3 is 14.6 Å². The van der Waals surface area contributed by atoms with Crippen LogP contribution in [0, 0.1) is 6.92 Å². The van der Waals surface area contributed by atoms with E-state index in [-0.39, 0.29) is 0 Å². The first kappa shape index (κ1) is 12.4. The van der Waals surface area contributed by atoms with E-state index in [2.05, 4.69) is 4.98 Å². The average molecular weight is 256 g/mol. The van der Waals surface area contributed by atoms with Gasteiger partial charge in [-0.15, -0.1) is 11.6 Å². The van der Waals surface area contributed by atoms with E-state index in [9.17, 15) is 10.2 Å². The summed E-state index contributed by atoms with van der Waals surface area (Å²) in [4.78, 5) is 4.16. The topological polar surface area (TPSA) is 66.5 Å². The highest BCUT2D eigenvalue weighted by molar-refractivity contribution is 6.17. The van der Waals surface area contributed by atoms with Crippen LogP contribution in [0.15, 0.2) is 22.6 Å². The first-order valence-electron chi connectivity index (χ1n) is 5.41. The number of aromatic nitrogens is 1. The number of alkyl halides is 1. The molecule has 1 heterocycles. The van der Waals surface area contributed by atoms with Gasteiger partial charge in [-0.05, 0) is 24.1 Å². The summed E-state index contributed by atoms with van der Waals surface area (Å²) < 4.78 is 5.37. The normalized spacial score (nSPS) is 15.1. The molecular weight excluding hydrogens is 242 g/mol. The molecule has 1 aromatic carbocycles. The van der Waals surface area contributed by atoms with Crippen LogP contribution in [0.3, 0.4) is 0 Å². The zero-order chi connectivity index (χ0) is 12.4. The largest absolute Gasteiger partial charge is 0.441 e. The minimum absolute atomic E-state index is 0.307.